The van der Waals surface area contributed by atoms with E-state index in [0.29, 0.717) is 13.0 Å². The highest BCUT2D eigenvalue weighted by atomic mass is 16.7. The topological polar surface area (TPSA) is 214 Å². The Balaban J connectivity index is 1.77. The Morgan fingerprint density at radius 1 is 0.508 bits per heavy atom. The maximum Gasteiger partial charge on any atom is 0.306 e. The molecule has 0 aromatic rings. The molecule has 382 valence electrons. The molecule has 11 unspecified atom stereocenters. The van der Waals surface area contributed by atoms with Crippen molar-refractivity contribution in [3.8, 4) is 0 Å². The van der Waals surface area contributed by atoms with E-state index in [9.17, 15) is 40.5 Å². The number of esters is 1. The highest BCUT2D eigenvalue weighted by molar-refractivity contribution is 5.69. The van der Waals surface area contributed by atoms with Crippen LogP contribution in [0.15, 0.2) is 24.3 Å². The second-order valence-corrected chi connectivity index (χ2v) is 18.3. The van der Waals surface area contributed by atoms with Gasteiger partial charge >= 0.3 is 5.97 Å². The Morgan fingerprint density at radius 2 is 0.954 bits per heavy atom. The number of ether oxygens (including phenoxy) is 6. The molecule has 14 nitrogen and oxygen atoms in total. The van der Waals surface area contributed by atoms with Crippen LogP contribution >= 0.6 is 0 Å². The molecule has 2 heterocycles. The molecule has 11 atom stereocenters. The average molecular weight is 931 g/mol. The second kappa shape index (κ2) is 39.3. The van der Waals surface area contributed by atoms with Crippen molar-refractivity contribution in [3.63, 3.8) is 0 Å². The van der Waals surface area contributed by atoms with Gasteiger partial charge in [0, 0.05) is 13.0 Å². The number of hydrogen-bond donors (Lipinski definition) is 7. The molecule has 0 amide bonds. The van der Waals surface area contributed by atoms with Gasteiger partial charge in [-0.05, 0) is 44.9 Å². The van der Waals surface area contributed by atoms with Gasteiger partial charge in [-0.1, -0.05) is 167 Å². The van der Waals surface area contributed by atoms with Crippen LogP contribution in [0.25, 0.3) is 0 Å². The van der Waals surface area contributed by atoms with Gasteiger partial charge in [-0.25, -0.2) is 0 Å². The Hall–Kier alpha value is -1.53. The summed E-state index contributed by atoms with van der Waals surface area (Å²) in [6.45, 7) is 3.67. The Bertz CT molecular complexity index is 1170. The van der Waals surface area contributed by atoms with Crippen LogP contribution in [0.3, 0.4) is 0 Å². The van der Waals surface area contributed by atoms with E-state index in [-0.39, 0.29) is 25.6 Å². The summed E-state index contributed by atoms with van der Waals surface area (Å²) in [5.41, 5.74) is 0. The van der Waals surface area contributed by atoms with Crippen LogP contribution in [-0.4, -0.2) is 142 Å². The molecule has 0 bridgehead atoms. The van der Waals surface area contributed by atoms with E-state index in [0.717, 1.165) is 51.4 Å². The summed E-state index contributed by atoms with van der Waals surface area (Å²) < 4.78 is 34.3. The molecule has 0 aromatic heterocycles. The zero-order valence-electron chi connectivity index (χ0n) is 40.5. The lowest BCUT2D eigenvalue weighted by atomic mass is 9.98. The number of aliphatic hydroxyl groups is 7. The largest absolute Gasteiger partial charge is 0.457 e. The fourth-order valence-electron chi connectivity index (χ4n) is 8.20. The molecule has 2 aliphatic heterocycles. The molecule has 0 aromatic carbocycles. The third-order valence-corrected chi connectivity index (χ3v) is 12.5. The van der Waals surface area contributed by atoms with Crippen LogP contribution in [0.4, 0.5) is 0 Å². The van der Waals surface area contributed by atoms with Gasteiger partial charge in [-0.2, -0.15) is 0 Å². The lowest BCUT2D eigenvalue weighted by Crippen LogP contribution is -2.61. The molecule has 2 aliphatic rings. The van der Waals surface area contributed by atoms with Crippen molar-refractivity contribution in [2.75, 3.05) is 33.0 Å². The van der Waals surface area contributed by atoms with E-state index in [1.807, 2.05) is 0 Å². The van der Waals surface area contributed by atoms with Crippen molar-refractivity contribution >= 4 is 5.97 Å². The first-order valence-electron chi connectivity index (χ1n) is 25.9. The van der Waals surface area contributed by atoms with Crippen LogP contribution in [-0.2, 0) is 33.2 Å². The minimum Gasteiger partial charge on any atom is -0.457 e. The highest BCUT2D eigenvalue weighted by Gasteiger charge is 2.47. The average Bonchev–Trinajstić information content (AvgIpc) is 3.30. The summed E-state index contributed by atoms with van der Waals surface area (Å²) in [4.78, 5) is 13.0. The molecule has 2 fully saturated rings. The Kier molecular flexibility index (Phi) is 36.1. The van der Waals surface area contributed by atoms with Gasteiger partial charge in [0.15, 0.2) is 12.6 Å². The van der Waals surface area contributed by atoms with Gasteiger partial charge in [0.2, 0.25) is 0 Å². The van der Waals surface area contributed by atoms with E-state index in [2.05, 4.69) is 38.2 Å². The summed E-state index contributed by atoms with van der Waals surface area (Å²) >= 11 is 0. The van der Waals surface area contributed by atoms with E-state index in [1.54, 1.807) is 0 Å². The predicted molar refractivity (Wildman–Crippen MR) is 252 cm³/mol. The second-order valence-electron chi connectivity index (χ2n) is 18.3. The first-order chi connectivity index (χ1) is 31.6. The fourth-order valence-corrected chi connectivity index (χ4v) is 8.20. The van der Waals surface area contributed by atoms with Gasteiger partial charge in [0.1, 0.15) is 54.9 Å². The van der Waals surface area contributed by atoms with Gasteiger partial charge < -0.3 is 64.2 Å². The van der Waals surface area contributed by atoms with Gasteiger partial charge in [-0.15, -0.1) is 0 Å². The molecule has 0 saturated carbocycles. The Labute approximate surface area is 392 Å². The summed E-state index contributed by atoms with van der Waals surface area (Å²) in [6.07, 6.45) is 25.2. The number of unbranched alkanes of at least 4 members (excludes halogenated alkanes) is 23. The monoisotopic (exact) mass is 931 g/mol. The van der Waals surface area contributed by atoms with Crippen LogP contribution in [0, 0.1) is 0 Å². The molecule has 2 saturated heterocycles. The molecular formula is C51H94O14. The number of carbonyl (C=O) groups is 1. The maximum atomic E-state index is 13.0. The van der Waals surface area contributed by atoms with Gasteiger partial charge in [0.05, 0.1) is 26.4 Å². The number of allylic oxidation sites excluding steroid dienone is 4. The number of aliphatic hydroxyl groups excluding tert-OH is 7. The summed E-state index contributed by atoms with van der Waals surface area (Å²) in [7, 11) is 0. The Morgan fingerprint density at radius 3 is 1.51 bits per heavy atom. The molecule has 65 heavy (non-hydrogen) atoms. The quantitative estimate of drug-likeness (QED) is 0.0179. The SMILES string of the molecule is CCCCC/C=C\C/C=C\CCCCCCCCCC(=O)OC(COCCCCCCCCCCCCCCCC)COC1OC(COC2OC(CO)C(O)C(O)C2O)C(O)C(O)C1O. The van der Waals surface area contributed by atoms with Crippen LogP contribution in [0.5, 0.6) is 0 Å². The van der Waals surface area contributed by atoms with Crippen molar-refractivity contribution in [2.45, 2.75) is 261 Å². The first kappa shape index (κ1) is 59.6. The maximum absolute atomic E-state index is 13.0. The minimum absolute atomic E-state index is 0.0623. The van der Waals surface area contributed by atoms with E-state index in [1.165, 1.54) is 116 Å². The number of hydrogen-bond acceptors (Lipinski definition) is 14. The summed E-state index contributed by atoms with van der Waals surface area (Å²) in [6, 6.07) is 0. The van der Waals surface area contributed by atoms with E-state index < -0.39 is 80.7 Å². The van der Waals surface area contributed by atoms with E-state index in [4.69, 9.17) is 28.4 Å². The van der Waals surface area contributed by atoms with Gasteiger partial charge in [0.25, 0.3) is 0 Å². The molecule has 0 aliphatic carbocycles. The third kappa shape index (κ3) is 27.3. The highest BCUT2D eigenvalue weighted by Crippen LogP contribution is 2.26. The molecular weight excluding hydrogens is 837 g/mol. The molecule has 0 radical (unpaired) electrons. The lowest BCUT2D eigenvalue weighted by Gasteiger charge is -2.42. The first-order valence-corrected chi connectivity index (χ1v) is 25.9. The molecule has 14 heteroatoms. The summed E-state index contributed by atoms with van der Waals surface area (Å²) in [5, 5.41) is 72.1. The third-order valence-electron chi connectivity index (χ3n) is 12.5. The zero-order chi connectivity index (χ0) is 47.3. The zero-order valence-corrected chi connectivity index (χ0v) is 40.5. The predicted octanol–water partition coefficient (Wildman–Crippen LogP) is 7.63. The molecule has 0 spiro atoms. The summed E-state index contributed by atoms with van der Waals surface area (Å²) in [5.74, 6) is -0.382. The van der Waals surface area contributed by atoms with Crippen molar-refractivity contribution < 1.29 is 69.0 Å². The lowest BCUT2D eigenvalue weighted by molar-refractivity contribution is -0.332. The molecule has 2 rings (SSSR count). The van der Waals surface area contributed by atoms with Crippen LogP contribution < -0.4 is 0 Å². The van der Waals surface area contributed by atoms with Crippen molar-refractivity contribution in [3.05, 3.63) is 24.3 Å². The van der Waals surface area contributed by atoms with E-state index >= 15 is 0 Å². The standard InChI is InChI=1S/C51H94O14/c1-3-5-7-9-11-13-15-17-19-20-21-22-24-26-28-30-32-34-43(53)63-40(37-60-35-33-31-29-27-25-23-18-16-14-12-10-8-6-4-2)38-61-50-49(59)47(57)45(55)42(65-50)39-62-51-48(58)46(56)44(54)41(36-52)64-51/h11,13,17,19,40-42,44-52,54-59H,3-10,12,14-16,18,20-39H2,1-2H3/b13-11-,19-17-. The van der Waals surface area contributed by atoms with Crippen molar-refractivity contribution in [1.82, 2.24) is 0 Å². The van der Waals surface area contributed by atoms with Crippen molar-refractivity contribution in [2.24, 2.45) is 0 Å². The number of carbonyl (C=O) groups excluding carboxylic acids is 1. The van der Waals surface area contributed by atoms with Crippen LogP contribution in [0.2, 0.25) is 0 Å². The van der Waals surface area contributed by atoms with Gasteiger partial charge in [-0.3, -0.25) is 4.79 Å². The van der Waals surface area contributed by atoms with Crippen molar-refractivity contribution in [1.29, 1.82) is 0 Å². The normalized spacial score (nSPS) is 26.7. The smallest absolute Gasteiger partial charge is 0.306 e. The fraction of sp³-hybridized carbons (Fsp3) is 0.902. The van der Waals surface area contributed by atoms with Crippen LogP contribution in [0.1, 0.15) is 194 Å². The number of rotatable bonds is 41. The minimum atomic E-state index is -1.70. The molecule has 7 N–H and O–H groups in total.